The van der Waals surface area contributed by atoms with Gasteiger partial charge in [-0.25, -0.2) is 9.48 Å². The van der Waals surface area contributed by atoms with Crippen molar-refractivity contribution in [3.63, 3.8) is 0 Å². The molecular formula is C14H25N3O2. The van der Waals surface area contributed by atoms with Crippen molar-refractivity contribution in [2.75, 3.05) is 6.61 Å². The molecule has 0 saturated heterocycles. The fraction of sp³-hybridized carbons (Fsp3) is 0.786. The second-order valence-electron chi connectivity index (χ2n) is 4.64. The van der Waals surface area contributed by atoms with E-state index in [9.17, 15) is 4.79 Å². The minimum absolute atomic E-state index is 0.356. The van der Waals surface area contributed by atoms with Gasteiger partial charge in [-0.2, -0.15) is 0 Å². The van der Waals surface area contributed by atoms with Crippen LogP contribution in [-0.4, -0.2) is 27.6 Å². The van der Waals surface area contributed by atoms with Crippen LogP contribution >= 0.6 is 0 Å². The molecule has 19 heavy (non-hydrogen) atoms. The molecule has 0 spiro atoms. The van der Waals surface area contributed by atoms with Crippen molar-refractivity contribution >= 4 is 5.97 Å². The van der Waals surface area contributed by atoms with E-state index < -0.39 is 0 Å². The van der Waals surface area contributed by atoms with Gasteiger partial charge in [0.05, 0.1) is 12.3 Å². The van der Waals surface area contributed by atoms with Crippen LogP contribution in [0.15, 0.2) is 0 Å². The van der Waals surface area contributed by atoms with Crippen LogP contribution in [0.1, 0.15) is 69.1 Å². The molecule has 0 unspecified atom stereocenters. The molecule has 0 aliphatic rings. The SMILES string of the molecule is CCCCCCn1nnc(C(=O)OCC)c1CCC. The van der Waals surface area contributed by atoms with E-state index in [1.165, 1.54) is 19.3 Å². The topological polar surface area (TPSA) is 57.0 Å². The van der Waals surface area contributed by atoms with Crippen LogP contribution in [0.2, 0.25) is 0 Å². The number of ether oxygens (including phenoxy) is 1. The Morgan fingerprint density at radius 2 is 1.95 bits per heavy atom. The molecule has 1 rings (SSSR count). The first-order valence-electron chi connectivity index (χ1n) is 7.34. The van der Waals surface area contributed by atoms with Gasteiger partial charge >= 0.3 is 5.97 Å². The molecular weight excluding hydrogens is 242 g/mol. The number of esters is 1. The molecule has 1 aromatic rings. The lowest BCUT2D eigenvalue weighted by Gasteiger charge is -2.06. The highest BCUT2D eigenvalue weighted by atomic mass is 16.5. The van der Waals surface area contributed by atoms with Gasteiger partial charge in [0.1, 0.15) is 0 Å². The van der Waals surface area contributed by atoms with Crippen molar-refractivity contribution in [3.05, 3.63) is 11.4 Å². The number of carbonyl (C=O) groups is 1. The van der Waals surface area contributed by atoms with Crippen LogP contribution < -0.4 is 0 Å². The van der Waals surface area contributed by atoms with Crippen molar-refractivity contribution in [2.24, 2.45) is 0 Å². The van der Waals surface area contributed by atoms with Crippen LogP contribution in [0.3, 0.4) is 0 Å². The van der Waals surface area contributed by atoms with Crippen LogP contribution in [0.4, 0.5) is 0 Å². The molecule has 0 fully saturated rings. The Balaban J connectivity index is 2.72. The number of hydrogen-bond donors (Lipinski definition) is 0. The molecule has 0 bridgehead atoms. The maximum absolute atomic E-state index is 11.8. The first-order valence-corrected chi connectivity index (χ1v) is 7.34. The first-order chi connectivity index (χ1) is 9.24. The summed E-state index contributed by atoms with van der Waals surface area (Å²) in [7, 11) is 0. The molecule has 0 aliphatic heterocycles. The molecule has 1 aromatic heterocycles. The van der Waals surface area contributed by atoms with Crippen molar-refractivity contribution in [2.45, 2.75) is 65.8 Å². The van der Waals surface area contributed by atoms with E-state index in [-0.39, 0.29) is 5.97 Å². The van der Waals surface area contributed by atoms with Crippen LogP contribution in [0.5, 0.6) is 0 Å². The van der Waals surface area contributed by atoms with Gasteiger partial charge in [0, 0.05) is 6.54 Å². The summed E-state index contributed by atoms with van der Waals surface area (Å²) in [6, 6.07) is 0. The average molecular weight is 267 g/mol. The lowest BCUT2D eigenvalue weighted by Crippen LogP contribution is -2.11. The Morgan fingerprint density at radius 1 is 1.16 bits per heavy atom. The van der Waals surface area contributed by atoms with E-state index in [4.69, 9.17) is 4.74 Å². The van der Waals surface area contributed by atoms with E-state index >= 15 is 0 Å². The fourth-order valence-corrected chi connectivity index (χ4v) is 2.04. The molecule has 108 valence electrons. The van der Waals surface area contributed by atoms with E-state index in [2.05, 4.69) is 24.2 Å². The number of unbranched alkanes of at least 4 members (excludes halogenated alkanes) is 3. The number of rotatable bonds is 9. The van der Waals surface area contributed by atoms with Crippen molar-refractivity contribution in [1.82, 2.24) is 15.0 Å². The van der Waals surface area contributed by atoms with Crippen molar-refractivity contribution in [3.8, 4) is 0 Å². The lowest BCUT2D eigenvalue weighted by molar-refractivity contribution is 0.0518. The van der Waals surface area contributed by atoms with Crippen LogP contribution in [0, 0.1) is 0 Å². The van der Waals surface area contributed by atoms with E-state index in [1.807, 2.05) is 4.68 Å². The molecule has 0 radical (unpaired) electrons. The normalized spacial score (nSPS) is 10.7. The molecule has 0 saturated carbocycles. The third-order valence-corrected chi connectivity index (χ3v) is 3.02. The Bertz CT molecular complexity index is 388. The summed E-state index contributed by atoms with van der Waals surface area (Å²) in [4.78, 5) is 11.8. The van der Waals surface area contributed by atoms with E-state index in [0.29, 0.717) is 12.3 Å². The summed E-state index contributed by atoms with van der Waals surface area (Å²) in [6.07, 6.45) is 6.51. The monoisotopic (exact) mass is 267 g/mol. The zero-order valence-electron chi connectivity index (χ0n) is 12.3. The number of aromatic nitrogens is 3. The van der Waals surface area contributed by atoms with Gasteiger partial charge in [0.2, 0.25) is 0 Å². The molecule has 5 nitrogen and oxygen atoms in total. The summed E-state index contributed by atoms with van der Waals surface area (Å²) >= 11 is 0. The average Bonchev–Trinajstić information content (AvgIpc) is 2.79. The number of hydrogen-bond acceptors (Lipinski definition) is 4. The number of nitrogens with zero attached hydrogens (tertiary/aromatic N) is 3. The van der Waals surface area contributed by atoms with Gasteiger partial charge in [0.25, 0.3) is 0 Å². The molecule has 0 N–H and O–H groups in total. The zero-order chi connectivity index (χ0) is 14.1. The number of carbonyl (C=O) groups excluding carboxylic acids is 1. The summed E-state index contributed by atoms with van der Waals surface area (Å²) < 4.78 is 6.88. The molecule has 0 aliphatic carbocycles. The fourth-order valence-electron chi connectivity index (χ4n) is 2.04. The van der Waals surface area contributed by atoms with Gasteiger partial charge in [-0.15, -0.1) is 5.10 Å². The summed E-state index contributed by atoms with van der Waals surface area (Å²) in [5.41, 5.74) is 1.30. The summed E-state index contributed by atoms with van der Waals surface area (Å²) in [6.45, 7) is 7.28. The lowest BCUT2D eigenvalue weighted by atomic mass is 10.2. The quantitative estimate of drug-likeness (QED) is 0.510. The summed E-state index contributed by atoms with van der Waals surface area (Å²) in [5.74, 6) is -0.356. The van der Waals surface area contributed by atoms with E-state index in [0.717, 1.165) is 31.5 Å². The molecule has 0 amide bonds. The Morgan fingerprint density at radius 3 is 2.58 bits per heavy atom. The first kappa shape index (κ1) is 15.7. The van der Waals surface area contributed by atoms with Crippen molar-refractivity contribution in [1.29, 1.82) is 0 Å². The molecule has 0 atom stereocenters. The molecule has 1 heterocycles. The number of aryl methyl sites for hydroxylation is 1. The van der Waals surface area contributed by atoms with E-state index in [1.54, 1.807) is 6.92 Å². The highest BCUT2D eigenvalue weighted by Crippen LogP contribution is 2.12. The predicted octanol–water partition coefficient (Wildman–Crippen LogP) is 2.99. The van der Waals surface area contributed by atoms with Gasteiger partial charge in [-0.05, 0) is 19.8 Å². The van der Waals surface area contributed by atoms with Gasteiger partial charge in [-0.3, -0.25) is 0 Å². The highest BCUT2D eigenvalue weighted by Gasteiger charge is 2.19. The second kappa shape index (κ2) is 8.67. The zero-order valence-corrected chi connectivity index (χ0v) is 12.3. The maximum atomic E-state index is 11.8. The molecule has 0 aromatic carbocycles. The second-order valence-corrected chi connectivity index (χ2v) is 4.64. The highest BCUT2D eigenvalue weighted by molar-refractivity contribution is 5.88. The Kier molecular flexibility index (Phi) is 7.15. The summed E-state index contributed by atoms with van der Waals surface area (Å²) in [5, 5.41) is 8.09. The predicted molar refractivity (Wildman–Crippen MR) is 74.1 cm³/mol. The Hall–Kier alpha value is -1.39. The van der Waals surface area contributed by atoms with Crippen molar-refractivity contribution < 1.29 is 9.53 Å². The van der Waals surface area contributed by atoms with Gasteiger partial charge in [-0.1, -0.05) is 44.7 Å². The Labute approximate surface area is 115 Å². The van der Waals surface area contributed by atoms with Crippen LogP contribution in [-0.2, 0) is 17.7 Å². The van der Waals surface area contributed by atoms with Crippen LogP contribution in [0.25, 0.3) is 0 Å². The van der Waals surface area contributed by atoms with Gasteiger partial charge < -0.3 is 4.74 Å². The standard InChI is InChI=1S/C14H25N3O2/c1-4-7-8-9-11-17-12(10-5-2)13(15-16-17)14(18)19-6-3/h4-11H2,1-3H3. The third kappa shape index (κ3) is 4.65. The minimum Gasteiger partial charge on any atom is -0.461 e. The smallest absolute Gasteiger partial charge is 0.360 e. The maximum Gasteiger partial charge on any atom is 0.360 e. The third-order valence-electron chi connectivity index (χ3n) is 3.02. The van der Waals surface area contributed by atoms with Gasteiger partial charge in [0.15, 0.2) is 5.69 Å². The molecule has 5 heteroatoms. The minimum atomic E-state index is -0.356. The largest absolute Gasteiger partial charge is 0.461 e.